The fourth-order valence-corrected chi connectivity index (χ4v) is 1.72. The van der Waals surface area contributed by atoms with Crippen LogP contribution in [0.5, 0.6) is 0 Å². The molecule has 0 heterocycles. The highest BCUT2D eigenvalue weighted by atomic mass is 35.5. The summed E-state index contributed by atoms with van der Waals surface area (Å²) in [5.74, 6) is -0.653. The van der Waals surface area contributed by atoms with Gasteiger partial charge in [-0.1, -0.05) is 19.1 Å². The second-order valence-electron chi connectivity index (χ2n) is 5.32. The zero-order valence-electron chi connectivity index (χ0n) is 12.8. The van der Waals surface area contributed by atoms with E-state index in [1.807, 2.05) is 0 Å². The van der Waals surface area contributed by atoms with Crippen molar-refractivity contribution in [3.63, 3.8) is 0 Å². The molecule has 0 radical (unpaired) electrons. The van der Waals surface area contributed by atoms with Gasteiger partial charge in [0.15, 0.2) is 0 Å². The van der Waals surface area contributed by atoms with Crippen molar-refractivity contribution in [2.45, 2.75) is 26.2 Å². The van der Waals surface area contributed by atoms with E-state index in [2.05, 4.69) is 5.32 Å². The van der Waals surface area contributed by atoms with Gasteiger partial charge in [-0.05, 0) is 31.5 Å². The molecule has 1 rings (SSSR count). The monoisotopic (exact) mass is 314 g/mol. The van der Waals surface area contributed by atoms with E-state index in [1.165, 1.54) is 7.11 Å². The summed E-state index contributed by atoms with van der Waals surface area (Å²) in [6, 6.07) is 7.14. The van der Waals surface area contributed by atoms with E-state index in [1.54, 1.807) is 45.0 Å². The lowest BCUT2D eigenvalue weighted by Gasteiger charge is -2.22. The van der Waals surface area contributed by atoms with Gasteiger partial charge in [-0.15, -0.1) is 12.4 Å². The molecule has 1 atom stereocenters. The van der Waals surface area contributed by atoms with Crippen LogP contribution in [0.4, 0.5) is 5.69 Å². The van der Waals surface area contributed by atoms with Crippen molar-refractivity contribution in [3.8, 4) is 0 Å². The number of benzene rings is 1. The fourth-order valence-electron chi connectivity index (χ4n) is 1.72. The minimum atomic E-state index is -0.720. The van der Waals surface area contributed by atoms with Gasteiger partial charge in [0.1, 0.15) is 0 Å². The molecule has 1 aromatic rings. The summed E-state index contributed by atoms with van der Waals surface area (Å²) < 4.78 is 4.79. The van der Waals surface area contributed by atoms with E-state index in [0.717, 1.165) is 5.56 Å². The highest BCUT2D eigenvalue weighted by molar-refractivity contribution is 5.92. The number of carbonyl (C=O) groups is 2. The fraction of sp³-hybridized carbons (Fsp3) is 0.467. The second-order valence-corrected chi connectivity index (χ2v) is 5.32. The maximum absolute atomic E-state index is 11.7. The first-order valence-electron chi connectivity index (χ1n) is 6.52. The smallest absolute Gasteiger partial charge is 0.315 e. The number of hydrogen-bond donors (Lipinski definition) is 2. The Kier molecular flexibility index (Phi) is 7.39. The third-order valence-electron chi connectivity index (χ3n) is 3.37. The molecule has 0 spiro atoms. The standard InChI is InChI=1S/C15H22N2O3.ClH/c1-10(9-16)13(18)17-12-7-5-11(6-8-12)15(2,3)14(19)20-4;/h5-8,10H,9,16H2,1-4H3,(H,17,18);1H. The van der Waals surface area contributed by atoms with Crippen molar-refractivity contribution in [1.29, 1.82) is 0 Å². The van der Waals surface area contributed by atoms with Crippen LogP contribution in [-0.2, 0) is 19.7 Å². The van der Waals surface area contributed by atoms with Crippen LogP contribution in [0.3, 0.4) is 0 Å². The molecular weight excluding hydrogens is 292 g/mol. The summed E-state index contributed by atoms with van der Waals surface area (Å²) in [5, 5.41) is 2.78. The molecule has 118 valence electrons. The molecule has 6 heteroatoms. The maximum atomic E-state index is 11.7. The predicted octanol–water partition coefficient (Wildman–Crippen LogP) is 2.09. The SMILES string of the molecule is COC(=O)C(C)(C)c1ccc(NC(=O)C(C)CN)cc1.Cl. The first-order valence-corrected chi connectivity index (χ1v) is 6.52. The number of esters is 1. The normalized spacial score (nSPS) is 12.0. The van der Waals surface area contributed by atoms with Crippen molar-refractivity contribution in [1.82, 2.24) is 0 Å². The topological polar surface area (TPSA) is 81.4 Å². The molecule has 0 aliphatic carbocycles. The summed E-state index contributed by atoms with van der Waals surface area (Å²) in [7, 11) is 1.37. The van der Waals surface area contributed by atoms with Gasteiger partial charge in [0.05, 0.1) is 12.5 Å². The molecule has 1 amide bonds. The molecule has 0 bridgehead atoms. The molecule has 5 nitrogen and oxygen atoms in total. The molecule has 1 unspecified atom stereocenters. The van der Waals surface area contributed by atoms with Crippen LogP contribution < -0.4 is 11.1 Å². The lowest BCUT2D eigenvalue weighted by molar-refractivity contribution is -0.146. The average molecular weight is 315 g/mol. The van der Waals surface area contributed by atoms with Crippen molar-refractivity contribution >= 4 is 30.0 Å². The summed E-state index contributed by atoms with van der Waals surface area (Å²) in [6.45, 7) is 5.66. The number of hydrogen-bond acceptors (Lipinski definition) is 4. The van der Waals surface area contributed by atoms with Crippen LogP contribution >= 0.6 is 12.4 Å². The number of ether oxygens (including phenoxy) is 1. The van der Waals surface area contributed by atoms with Crippen LogP contribution in [0.2, 0.25) is 0 Å². The Morgan fingerprint density at radius 1 is 1.29 bits per heavy atom. The highest BCUT2D eigenvalue weighted by Gasteiger charge is 2.30. The number of halogens is 1. The number of carbonyl (C=O) groups excluding carboxylic acids is 2. The maximum Gasteiger partial charge on any atom is 0.315 e. The zero-order valence-corrected chi connectivity index (χ0v) is 13.6. The third-order valence-corrected chi connectivity index (χ3v) is 3.37. The number of amides is 1. The van der Waals surface area contributed by atoms with Gasteiger partial charge >= 0.3 is 5.97 Å². The quantitative estimate of drug-likeness (QED) is 0.815. The first-order chi connectivity index (χ1) is 9.32. The van der Waals surface area contributed by atoms with Crippen molar-refractivity contribution < 1.29 is 14.3 Å². The molecule has 0 aliphatic heterocycles. The Labute approximate surface area is 131 Å². The largest absolute Gasteiger partial charge is 0.468 e. The van der Waals surface area contributed by atoms with Crippen LogP contribution in [0.15, 0.2) is 24.3 Å². The second kappa shape index (κ2) is 8.00. The molecule has 0 saturated carbocycles. The number of methoxy groups -OCH3 is 1. The summed E-state index contributed by atoms with van der Waals surface area (Å²) in [5.41, 5.74) is 6.23. The zero-order chi connectivity index (χ0) is 15.3. The van der Waals surface area contributed by atoms with Crippen molar-refractivity contribution in [3.05, 3.63) is 29.8 Å². The Bertz CT molecular complexity index is 486. The first kappa shape index (κ1) is 19.4. The molecule has 0 aliphatic rings. The Morgan fingerprint density at radius 3 is 2.24 bits per heavy atom. The number of nitrogens with one attached hydrogen (secondary N) is 1. The van der Waals surface area contributed by atoms with E-state index in [0.29, 0.717) is 12.2 Å². The van der Waals surface area contributed by atoms with Crippen LogP contribution in [0.25, 0.3) is 0 Å². The lowest BCUT2D eigenvalue weighted by Crippen LogP contribution is -2.30. The van der Waals surface area contributed by atoms with Gasteiger partial charge < -0.3 is 15.8 Å². The molecule has 0 fully saturated rings. The molecule has 3 N–H and O–H groups in total. The summed E-state index contributed by atoms with van der Waals surface area (Å²) >= 11 is 0. The van der Waals surface area contributed by atoms with Gasteiger partial charge in [0, 0.05) is 18.2 Å². The minimum absolute atomic E-state index is 0. The number of nitrogens with two attached hydrogens (primary N) is 1. The van der Waals surface area contributed by atoms with Gasteiger partial charge in [-0.3, -0.25) is 9.59 Å². The minimum Gasteiger partial charge on any atom is -0.468 e. The Balaban J connectivity index is 0.00000400. The van der Waals surface area contributed by atoms with Gasteiger partial charge in [0.2, 0.25) is 5.91 Å². The molecule has 1 aromatic carbocycles. The molecule has 0 aromatic heterocycles. The highest BCUT2D eigenvalue weighted by Crippen LogP contribution is 2.26. The van der Waals surface area contributed by atoms with Crippen molar-refractivity contribution in [2.24, 2.45) is 11.7 Å². The van der Waals surface area contributed by atoms with Crippen LogP contribution in [0, 0.1) is 5.92 Å². The van der Waals surface area contributed by atoms with Crippen LogP contribution in [-0.4, -0.2) is 25.5 Å². The number of anilines is 1. The average Bonchev–Trinajstić information content (AvgIpc) is 2.45. The van der Waals surface area contributed by atoms with Gasteiger partial charge in [-0.25, -0.2) is 0 Å². The summed E-state index contributed by atoms with van der Waals surface area (Å²) in [6.07, 6.45) is 0. The molecular formula is C15H23ClN2O3. The molecule has 0 saturated heterocycles. The Morgan fingerprint density at radius 2 is 1.81 bits per heavy atom. The lowest BCUT2D eigenvalue weighted by atomic mass is 9.85. The van der Waals surface area contributed by atoms with E-state index >= 15 is 0 Å². The Hall–Kier alpha value is -1.59. The van der Waals surface area contributed by atoms with Crippen molar-refractivity contribution in [2.75, 3.05) is 19.0 Å². The third kappa shape index (κ3) is 4.72. The predicted molar refractivity (Wildman–Crippen MR) is 85.6 cm³/mol. The van der Waals surface area contributed by atoms with Gasteiger partial charge in [0.25, 0.3) is 0 Å². The molecule has 21 heavy (non-hydrogen) atoms. The van der Waals surface area contributed by atoms with Crippen LogP contribution in [0.1, 0.15) is 26.3 Å². The van der Waals surface area contributed by atoms with E-state index < -0.39 is 5.41 Å². The van der Waals surface area contributed by atoms with E-state index in [4.69, 9.17) is 10.5 Å². The summed E-state index contributed by atoms with van der Waals surface area (Å²) in [4.78, 5) is 23.4. The number of rotatable bonds is 5. The van der Waals surface area contributed by atoms with E-state index in [-0.39, 0.29) is 30.2 Å². The van der Waals surface area contributed by atoms with E-state index in [9.17, 15) is 9.59 Å². The van der Waals surface area contributed by atoms with Gasteiger partial charge in [-0.2, -0.15) is 0 Å².